The highest BCUT2D eigenvalue weighted by Gasteiger charge is 2.33. The molecule has 0 fully saturated rings. The van der Waals surface area contributed by atoms with Crippen molar-refractivity contribution >= 4 is 11.7 Å². The van der Waals surface area contributed by atoms with Gasteiger partial charge in [0, 0.05) is 18.3 Å². The van der Waals surface area contributed by atoms with Crippen LogP contribution in [0.25, 0.3) is 0 Å². The number of rotatable bonds is 4. The number of nitrogens with one attached hydrogen (secondary N) is 1. The van der Waals surface area contributed by atoms with Gasteiger partial charge < -0.3 is 15.3 Å². The predicted octanol–water partition coefficient (Wildman–Crippen LogP) is 3.25. The Balaban J connectivity index is 3.00. The van der Waals surface area contributed by atoms with Gasteiger partial charge in [0.05, 0.1) is 12.2 Å². The minimum Gasteiger partial charge on any atom is -0.395 e. The topological polar surface area (TPSA) is 52.6 Å². The molecule has 0 saturated carbocycles. The number of hydrogen-bond donors (Lipinski definition) is 2. The number of aliphatic hydroxyl groups is 1. The van der Waals surface area contributed by atoms with E-state index in [1.54, 1.807) is 13.8 Å². The molecule has 1 rings (SSSR count). The van der Waals surface area contributed by atoms with Crippen LogP contribution < -0.4 is 5.32 Å². The molecule has 118 valence electrons. The summed E-state index contributed by atoms with van der Waals surface area (Å²) in [5.41, 5.74) is -0.706. The maximum Gasteiger partial charge on any atom is 0.416 e. The maximum absolute atomic E-state index is 12.8. The molecule has 21 heavy (non-hydrogen) atoms. The van der Waals surface area contributed by atoms with Crippen LogP contribution in [-0.2, 0) is 6.18 Å². The van der Waals surface area contributed by atoms with Gasteiger partial charge in [-0.15, -0.1) is 0 Å². The summed E-state index contributed by atoms with van der Waals surface area (Å²) in [6.45, 7) is 4.72. The summed E-state index contributed by atoms with van der Waals surface area (Å²) in [6, 6.07) is 2.92. The van der Waals surface area contributed by atoms with E-state index in [0.29, 0.717) is 0 Å². The lowest BCUT2D eigenvalue weighted by Gasteiger charge is -2.26. The van der Waals surface area contributed by atoms with Gasteiger partial charge in [0.15, 0.2) is 0 Å². The Hall–Kier alpha value is -1.76. The SMILES string of the molecule is Cc1c(NC(=O)N(CCO)C(C)C)cccc1C(F)(F)F. The van der Waals surface area contributed by atoms with Crippen molar-refractivity contribution in [2.45, 2.75) is 33.0 Å². The third-order valence-electron chi connectivity index (χ3n) is 3.11. The van der Waals surface area contributed by atoms with Gasteiger partial charge in [0.1, 0.15) is 0 Å². The van der Waals surface area contributed by atoms with E-state index in [4.69, 9.17) is 5.11 Å². The Morgan fingerprint density at radius 1 is 1.38 bits per heavy atom. The van der Waals surface area contributed by atoms with Crippen molar-refractivity contribution in [1.82, 2.24) is 4.90 Å². The second-order valence-electron chi connectivity index (χ2n) is 4.92. The fourth-order valence-corrected chi connectivity index (χ4v) is 1.97. The molecule has 0 aliphatic carbocycles. The first-order valence-corrected chi connectivity index (χ1v) is 6.53. The predicted molar refractivity (Wildman–Crippen MR) is 74.1 cm³/mol. The molecule has 4 nitrogen and oxygen atoms in total. The largest absolute Gasteiger partial charge is 0.416 e. The van der Waals surface area contributed by atoms with E-state index in [1.807, 2.05) is 0 Å². The molecule has 0 atom stereocenters. The van der Waals surface area contributed by atoms with Gasteiger partial charge >= 0.3 is 12.2 Å². The lowest BCUT2D eigenvalue weighted by molar-refractivity contribution is -0.138. The highest BCUT2D eigenvalue weighted by Crippen LogP contribution is 2.34. The molecule has 0 radical (unpaired) electrons. The minimum atomic E-state index is -4.46. The van der Waals surface area contributed by atoms with E-state index in [9.17, 15) is 18.0 Å². The summed E-state index contributed by atoms with van der Waals surface area (Å²) in [7, 11) is 0. The number of hydrogen-bond acceptors (Lipinski definition) is 2. The second-order valence-corrected chi connectivity index (χ2v) is 4.92. The van der Waals surface area contributed by atoms with Gasteiger partial charge in [-0.2, -0.15) is 13.2 Å². The zero-order chi connectivity index (χ0) is 16.2. The highest BCUT2D eigenvalue weighted by molar-refractivity contribution is 5.90. The number of amides is 2. The van der Waals surface area contributed by atoms with E-state index in [0.717, 1.165) is 6.07 Å². The Labute approximate surface area is 121 Å². The Morgan fingerprint density at radius 3 is 2.48 bits per heavy atom. The number of carbonyl (C=O) groups is 1. The molecule has 0 spiro atoms. The van der Waals surface area contributed by atoms with E-state index < -0.39 is 17.8 Å². The number of anilines is 1. The van der Waals surface area contributed by atoms with Crippen LogP contribution in [0.4, 0.5) is 23.7 Å². The molecule has 0 aliphatic rings. The summed E-state index contributed by atoms with van der Waals surface area (Å²) < 4.78 is 38.5. The third kappa shape index (κ3) is 4.35. The maximum atomic E-state index is 12.8. The molecule has 2 amide bonds. The summed E-state index contributed by atoms with van der Waals surface area (Å²) in [5, 5.41) is 11.4. The number of nitrogens with zero attached hydrogens (tertiary/aromatic N) is 1. The minimum absolute atomic E-state index is 0.0361. The number of urea groups is 1. The number of aliphatic hydroxyl groups excluding tert-OH is 1. The van der Waals surface area contributed by atoms with Gasteiger partial charge in [0.2, 0.25) is 0 Å². The molecule has 0 bridgehead atoms. The fourth-order valence-electron chi connectivity index (χ4n) is 1.97. The average Bonchev–Trinajstić information content (AvgIpc) is 2.36. The van der Waals surface area contributed by atoms with Crippen LogP contribution in [0, 0.1) is 6.92 Å². The molecule has 0 saturated heterocycles. The lowest BCUT2D eigenvalue weighted by Crippen LogP contribution is -2.41. The normalized spacial score (nSPS) is 11.6. The molecule has 0 unspecified atom stereocenters. The van der Waals surface area contributed by atoms with Gasteiger partial charge in [-0.25, -0.2) is 4.79 Å². The van der Waals surface area contributed by atoms with Crippen LogP contribution in [-0.4, -0.2) is 35.2 Å². The summed E-state index contributed by atoms with van der Waals surface area (Å²) in [4.78, 5) is 13.4. The van der Waals surface area contributed by atoms with E-state index >= 15 is 0 Å². The first kappa shape index (κ1) is 17.3. The molecular weight excluding hydrogens is 285 g/mol. The smallest absolute Gasteiger partial charge is 0.395 e. The number of carbonyl (C=O) groups excluding carboxylic acids is 1. The van der Waals surface area contributed by atoms with Gasteiger partial charge in [-0.1, -0.05) is 6.07 Å². The van der Waals surface area contributed by atoms with Crippen LogP contribution >= 0.6 is 0 Å². The standard InChI is InChI=1S/C14H19F3N2O2/c1-9(2)19(7-8-20)13(21)18-12-6-4-5-11(10(12)3)14(15,16)17/h4-6,9,20H,7-8H2,1-3H3,(H,18,21). The quantitative estimate of drug-likeness (QED) is 0.897. The van der Waals surface area contributed by atoms with E-state index in [2.05, 4.69) is 5.32 Å². The lowest BCUT2D eigenvalue weighted by atomic mass is 10.1. The van der Waals surface area contributed by atoms with Crippen molar-refractivity contribution in [3.8, 4) is 0 Å². The molecular formula is C14H19F3N2O2. The van der Waals surface area contributed by atoms with Crippen LogP contribution in [0.15, 0.2) is 18.2 Å². The zero-order valence-electron chi connectivity index (χ0n) is 12.2. The Bertz CT molecular complexity index is 501. The first-order valence-electron chi connectivity index (χ1n) is 6.53. The van der Waals surface area contributed by atoms with Gasteiger partial charge in [0.25, 0.3) is 0 Å². The first-order chi connectivity index (χ1) is 9.68. The molecule has 2 N–H and O–H groups in total. The average molecular weight is 304 g/mol. The van der Waals surface area contributed by atoms with Crippen molar-refractivity contribution in [1.29, 1.82) is 0 Å². The van der Waals surface area contributed by atoms with Crippen LogP contribution in [0.1, 0.15) is 25.0 Å². The third-order valence-corrected chi connectivity index (χ3v) is 3.11. The summed E-state index contributed by atoms with van der Waals surface area (Å²) in [6.07, 6.45) is -4.46. The van der Waals surface area contributed by atoms with Crippen molar-refractivity contribution in [2.75, 3.05) is 18.5 Å². The molecule has 1 aromatic carbocycles. The number of halogens is 3. The number of alkyl halides is 3. The van der Waals surface area contributed by atoms with Crippen molar-refractivity contribution in [2.24, 2.45) is 0 Å². The van der Waals surface area contributed by atoms with Crippen molar-refractivity contribution < 1.29 is 23.1 Å². The molecule has 7 heteroatoms. The summed E-state index contributed by atoms with van der Waals surface area (Å²) in [5.74, 6) is 0. The van der Waals surface area contributed by atoms with Crippen molar-refractivity contribution in [3.63, 3.8) is 0 Å². The fraction of sp³-hybridized carbons (Fsp3) is 0.500. The number of benzene rings is 1. The van der Waals surface area contributed by atoms with Crippen molar-refractivity contribution in [3.05, 3.63) is 29.3 Å². The highest BCUT2D eigenvalue weighted by atomic mass is 19.4. The van der Waals surface area contributed by atoms with Crippen LogP contribution in [0.3, 0.4) is 0 Å². The van der Waals surface area contributed by atoms with E-state index in [1.165, 1.54) is 24.0 Å². The summed E-state index contributed by atoms with van der Waals surface area (Å²) >= 11 is 0. The Kier molecular flexibility index (Phi) is 5.60. The Morgan fingerprint density at radius 2 is 2.00 bits per heavy atom. The van der Waals surface area contributed by atoms with Crippen LogP contribution in [0.2, 0.25) is 0 Å². The molecule has 1 aromatic rings. The molecule has 0 aliphatic heterocycles. The molecule has 0 aromatic heterocycles. The molecule has 0 heterocycles. The van der Waals surface area contributed by atoms with Gasteiger partial charge in [-0.3, -0.25) is 0 Å². The van der Waals surface area contributed by atoms with Crippen LogP contribution in [0.5, 0.6) is 0 Å². The monoisotopic (exact) mass is 304 g/mol. The van der Waals surface area contributed by atoms with Gasteiger partial charge in [-0.05, 0) is 38.5 Å². The zero-order valence-corrected chi connectivity index (χ0v) is 12.2. The second kappa shape index (κ2) is 6.80. The van der Waals surface area contributed by atoms with E-state index in [-0.39, 0.29) is 30.4 Å².